The van der Waals surface area contributed by atoms with Gasteiger partial charge in [-0.25, -0.2) is 13.2 Å². The highest BCUT2D eigenvalue weighted by Gasteiger charge is 2.16. The van der Waals surface area contributed by atoms with Gasteiger partial charge in [0.05, 0.1) is 17.5 Å². The monoisotopic (exact) mass is 444 g/mol. The number of aryl methyl sites for hydroxylation is 2. The first-order chi connectivity index (χ1) is 14.7. The molecule has 0 saturated carbocycles. The van der Waals surface area contributed by atoms with Crippen LogP contribution < -0.4 is 10.1 Å². The average molecular weight is 445 g/mol. The van der Waals surface area contributed by atoms with Gasteiger partial charge in [-0.2, -0.15) is 0 Å². The molecule has 2 amide bonds. The van der Waals surface area contributed by atoms with Gasteiger partial charge in [-0.05, 0) is 80.0 Å². The summed E-state index contributed by atoms with van der Waals surface area (Å²) in [7, 11) is -1.43. The fourth-order valence-electron chi connectivity index (χ4n) is 3.78. The molecule has 0 spiro atoms. The van der Waals surface area contributed by atoms with E-state index in [1.807, 2.05) is 6.92 Å². The molecule has 2 aromatic carbocycles. The summed E-state index contributed by atoms with van der Waals surface area (Å²) in [6.45, 7) is 3.01. The lowest BCUT2D eigenvalue weighted by Gasteiger charge is -2.23. The second kappa shape index (κ2) is 10.2. The Morgan fingerprint density at radius 1 is 1.10 bits per heavy atom. The quantitative estimate of drug-likeness (QED) is 0.621. The third kappa shape index (κ3) is 6.47. The van der Waals surface area contributed by atoms with Crippen LogP contribution in [0.25, 0.3) is 0 Å². The van der Waals surface area contributed by atoms with Gasteiger partial charge in [0.25, 0.3) is 0 Å². The lowest BCUT2D eigenvalue weighted by molar-refractivity contribution is 0.200. The Bertz CT molecular complexity index is 1000. The molecular weight excluding hydrogens is 412 g/mol. The Kier molecular flexibility index (Phi) is 7.59. The zero-order valence-electron chi connectivity index (χ0n) is 18.6. The van der Waals surface area contributed by atoms with Crippen LogP contribution in [0.15, 0.2) is 47.4 Å². The van der Waals surface area contributed by atoms with E-state index in [1.165, 1.54) is 42.4 Å². The van der Waals surface area contributed by atoms with Gasteiger partial charge < -0.3 is 15.0 Å². The molecule has 1 aliphatic carbocycles. The summed E-state index contributed by atoms with van der Waals surface area (Å²) < 4.78 is 28.6. The molecule has 0 aliphatic heterocycles. The van der Waals surface area contributed by atoms with Crippen molar-refractivity contribution >= 4 is 15.9 Å². The van der Waals surface area contributed by atoms with Gasteiger partial charge >= 0.3 is 6.03 Å². The lowest BCUT2D eigenvalue weighted by atomic mass is 9.89. The number of rotatable bonds is 8. The van der Waals surface area contributed by atoms with Crippen LogP contribution in [0.3, 0.4) is 0 Å². The number of amides is 2. The van der Waals surface area contributed by atoms with E-state index in [0.717, 1.165) is 18.4 Å². The van der Waals surface area contributed by atoms with Crippen LogP contribution in [0.5, 0.6) is 5.75 Å². The fraction of sp³-hybridized carbons (Fsp3) is 0.458. The number of nitrogens with one attached hydrogen (secondary N) is 1. The first-order valence-corrected chi connectivity index (χ1v) is 12.7. The van der Waals surface area contributed by atoms with E-state index in [0.29, 0.717) is 25.3 Å². The molecule has 0 aromatic heterocycles. The van der Waals surface area contributed by atoms with Crippen molar-refractivity contribution in [3.05, 3.63) is 59.2 Å². The summed E-state index contributed by atoms with van der Waals surface area (Å²) in [5.41, 5.74) is 4.00. The predicted molar refractivity (Wildman–Crippen MR) is 122 cm³/mol. The number of benzene rings is 2. The Morgan fingerprint density at radius 2 is 1.77 bits per heavy atom. The Morgan fingerprint density at radius 3 is 2.45 bits per heavy atom. The maximum Gasteiger partial charge on any atom is 0.317 e. The number of hydrogen-bond acceptors (Lipinski definition) is 4. The molecule has 0 radical (unpaired) electrons. The van der Waals surface area contributed by atoms with Crippen LogP contribution in [0.2, 0.25) is 0 Å². The Hall–Kier alpha value is -2.54. The molecule has 2 aromatic rings. The zero-order valence-corrected chi connectivity index (χ0v) is 19.4. The Balaban J connectivity index is 1.42. The molecule has 1 aliphatic rings. The molecule has 1 N–H and O–H groups in total. The highest BCUT2D eigenvalue weighted by Crippen LogP contribution is 2.25. The van der Waals surface area contributed by atoms with Crippen molar-refractivity contribution in [2.24, 2.45) is 0 Å². The van der Waals surface area contributed by atoms with Crippen LogP contribution >= 0.6 is 0 Å². The van der Waals surface area contributed by atoms with Crippen molar-refractivity contribution in [3.63, 3.8) is 0 Å². The van der Waals surface area contributed by atoms with Crippen LogP contribution in [0, 0.1) is 0 Å². The van der Waals surface area contributed by atoms with E-state index in [4.69, 9.17) is 4.74 Å². The van der Waals surface area contributed by atoms with Crippen molar-refractivity contribution in [1.82, 2.24) is 10.2 Å². The fourth-order valence-corrected chi connectivity index (χ4v) is 4.41. The molecular formula is C24H32N2O4S. The summed E-state index contributed by atoms with van der Waals surface area (Å²) in [5.74, 6) is 0.612. The van der Waals surface area contributed by atoms with Crippen molar-refractivity contribution in [1.29, 1.82) is 0 Å². The number of nitrogens with zero attached hydrogens (tertiary/aromatic N) is 1. The SMILES string of the molecule is CC(NC(=O)N(C)CCCOc1ccc(S(C)(=O)=O)cc1)c1ccc2c(c1)CCCC2. The normalized spacial score (nSPS) is 14.4. The summed E-state index contributed by atoms with van der Waals surface area (Å²) in [5, 5.41) is 3.07. The molecule has 1 atom stereocenters. The Labute approximate surface area is 185 Å². The first-order valence-electron chi connectivity index (χ1n) is 10.8. The van der Waals surface area contributed by atoms with E-state index in [9.17, 15) is 13.2 Å². The second-order valence-electron chi connectivity index (χ2n) is 8.27. The number of carbonyl (C=O) groups is 1. The zero-order chi connectivity index (χ0) is 22.4. The predicted octanol–water partition coefficient (Wildman–Crippen LogP) is 4.14. The number of fused-ring (bicyclic) bond motifs is 1. The summed E-state index contributed by atoms with van der Waals surface area (Å²) in [4.78, 5) is 14.5. The largest absolute Gasteiger partial charge is 0.494 e. The summed E-state index contributed by atoms with van der Waals surface area (Å²) in [6.07, 6.45) is 6.63. The molecule has 0 bridgehead atoms. The van der Waals surface area contributed by atoms with Crippen molar-refractivity contribution < 1.29 is 17.9 Å². The number of ether oxygens (including phenoxy) is 1. The number of sulfone groups is 1. The second-order valence-corrected chi connectivity index (χ2v) is 10.3. The van der Waals surface area contributed by atoms with E-state index >= 15 is 0 Å². The molecule has 0 fully saturated rings. The van der Waals surface area contributed by atoms with Gasteiger partial charge in [0.1, 0.15) is 5.75 Å². The molecule has 0 saturated heterocycles. The maximum atomic E-state index is 12.5. The van der Waals surface area contributed by atoms with Gasteiger partial charge in [0.2, 0.25) is 0 Å². The third-order valence-corrected chi connectivity index (χ3v) is 6.85. The maximum absolute atomic E-state index is 12.5. The van der Waals surface area contributed by atoms with Crippen LogP contribution in [-0.4, -0.2) is 45.8 Å². The average Bonchev–Trinajstić information content (AvgIpc) is 2.75. The van der Waals surface area contributed by atoms with Gasteiger partial charge in [0.15, 0.2) is 9.84 Å². The third-order valence-electron chi connectivity index (χ3n) is 5.72. The van der Waals surface area contributed by atoms with Crippen LogP contribution in [-0.2, 0) is 22.7 Å². The van der Waals surface area contributed by atoms with E-state index in [1.54, 1.807) is 24.1 Å². The van der Waals surface area contributed by atoms with E-state index in [-0.39, 0.29) is 17.0 Å². The molecule has 31 heavy (non-hydrogen) atoms. The highest BCUT2D eigenvalue weighted by atomic mass is 32.2. The summed E-state index contributed by atoms with van der Waals surface area (Å²) >= 11 is 0. The minimum Gasteiger partial charge on any atom is -0.494 e. The smallest absolute Gasteiger partial charge is 0.317 e. The molecule has 168 valence electrons. The number of hydrogen-bond donors (Lipinski definition) is 1. The van der Waals surface area contributed by atoms with Gasteiger partial charge in [0, 0.05) is 19.8 Å². The highest BCUT2D eigenvalue weighted by molar-refractivity contribution is 7.90. The van der Waals surface area contributed by atoms with Crippen LogP contribution in [0.4, 0.5) is 4.79 Å². The van der Waals surface area contributed by atoms with Crippen LogP contribution in [0.1, 0.15) is 48.9 Å². The molecule has 7 heteroatoms. The summed E-state index contributed by atoms with van der Waals surface area (Å²) in [6, 6.07) is 12.8. The first kappa shape index (κ1) is 23.1. The van der Waals surface area contributed by atoms with Crippen molar-refractivity contribution in [3.8, 4) is 5.75 Å². The lowest BCUT2D eigenvalue weighted by Crippen LogP contribution is -2.39. The molecule has 1 unspecified atom stereocenters. The topological polar surface area (TPSA) is 75.7 Å². The van der Waals surface area contributed by atoms with Gasteiger partial charge in [-0.1, -0.05) is 18.2 Å². The van der Waals surface area contributed by atoms with Gasteiger partial charge in [-0.15, -0.1) is 0 Å². The van der Waals surface area contributed by atoms with Gasteiger partial charge in [-0.3, -0.25) is 0 Å². The molecule has 3 rings (SSSR count). The number of carbonyl (C=O) groups excluding carboxylic acids is 1. The molecule has 0 heterocycles. The number of urea groups is 1. The van der Waals surface area contributed by atoms with E-state index < -0.39 is 9.84 Å². The van der Waals surface area contributed by atoms with E-state index in [2.05, 4.69) is 23.5 Å². The minimum absolute atomic E-state index is 0.0493. The van der Waals surface area contributed by atoms with Crippen molar-refractivity contribution in [2.45, 2.75) is 50.0 Å². The standard InChI is InChI=1S/C24H32N2O4S/c1-18(20-10-9-19-7-4-5-8-21(19)17-20)25-24(27)26(2)15-6-16-30-22-11-13-23(14-12-22)31(3,28)29/h9-14,17-18H,4-8,15-16H2,1-3H3,(H,25,27). The molecule has 6 nitrogen and oxygen atoms in total. The van der Waals surface area contributed by atoms with Crippen molar-refractivity contribution in [2.75, 3.05) is 26.5 Å². The minimum atomic E-state index is -3.21.